The van der Waals surface area contributed by atoms with Crippen LogP contribution in [0.3, 0.4) is 0 Å². The summed E-state index contributed by atoms with van der Waals surface area (Å²) in [6.45, 7) is 12.1. The van der Waals surface area contributed by atoms with Crippen LogP contribution in [0.2, 0.25) is 0 Å². The van der Waals surface area contributed by atoms with Crippen molar-refractivity contribution in [1.82, 2.24) is 14.8 Å². The summed E-state index contributed by atoms with van der Waals surface area (Å²) < 4.78 is 2.07. The molecule has 5 heteroatoms. The fourth-order valence-corrected chi connectivity index (χ4v) is 3.08. The molecule has 1 heterocycles. The Morgan fingerprint density at radius 3 is 2.27 bits per heavy atom. The number of carbonyl (C=O) groups is 2. The van der Waals surface area contributed by atoms with Gasteiger partial charge in [-0.1, -0.05) is 18.2 Å². The molecule has 0 saturated carbocycles. The maximum atomic E-state index is 13.0. The molecule has 0 radical (unpaired) electrons. The fraction of sp³-hybridized carbons (Fsp3) is 0.429. The number of benzene rings is 1. The number of para-hydroxylation sites is 1. The van der Waals surface area contributed by atoms with Crippen LogP contribution >= 0.6 is 0 Å². The lowest BCUT2D eigenvalue weighted by atomic mass is 10.1. The molecule has 140 valence electrons. The van der Waals surface area contributed by atoms with Gasteiger partial charge in [0, 0.05) is 29.2 Å². The van der Waals surface area contributed by atoms with E-state index in [0.29, 0.717) is 12.1 Å². The second-order valence-electron chi connectivity index (χ2n) is 7.57. The number of carbonyl (C=O) groups excluding carboxylic acids is 2. The van der Waals surface area contributed by atoms with E-state index in [1.807, 2.05) is 77.9 Å². The van der Waals surface area contributed by atoms with Gasteiger partial charge in [-0.3, -0.25) is 9.59 Å². The van der Waals surface area contributed by atoms with Crippen molar-refractivity contribution in [3.8, 4) is 5.69 Å². The molecule has 0 bridgehead atoms. The van der Waals surface area contributed by atoms with Crippen LogP contribution in [-0.2, 0) is 4.79 Å². The van der Waals surface area contributed by atoms with Crippen molar-refractivity contribution in [2.45, 2.75) is 47.1 Å². The highest BCUT2D eigenvalue weighted by Gasteiger charge is 2.24. The molecule has 1 aromatic heterocycles. The molecule has 1 aromatic carbocycles. The van der Waals surface area contributed by atoms with Gasteiger partial charge < -0.3 is 14.8 Å². The van der Waals surface area contributed by atoms with Gasteiger partial charge in [0.1, 0.15) is 0 Å². The van der Waals surface area contributed by atoms with Crippen LogP contribution in [0.15, 0.2) is 36.4 Å². The molecule has 1 N–H and O–H groups in total. The highest BCUT2D eigenvalue weighted by molar-refractivity contribution is 5.98. The second kappa shape index (κ2) is 7.77. The van der Waals surface area contributed by atoms with Crippen molar-refractivity contribution in [3.05, 3.63) is 53.3 Å². The van der Waals surface area contributed by atoms with E-state index in [1.165, 1.54) is 0 Å². The molecule has 0 unspecified atom stereocenters. The first-order chi connectivity index (χ1) is 12.1. The molecule has 26 heavy (non-hydrogen) atoms. The molecule has 0 atom stereocenters. The third kappa shape index (κ3) is 4.54. The molecule has 0 saturated heterocycles. The number of aromatic nitrogens is 1. The fourth-order valence-electron chi connectivity index (χ4n) is 3.08. The topological polar surface area (TPSA) is 54.3 Å². The largest absolute Gasteiger partial charge is 0.350 e. The predicted molar refractivity (Wildman–Crippen MR) is 105 cm³/mol. The molecular weight excluding hydrogens is 326 g/mol. The number of aryl methyl sites for hydroxylation is 1. The van der Waals surface area contributed by atoms with Gasteiger partial charge in [0.05, 0.1) is 12.1 Å². The third-order valence-electron chi connectivity index (χ3n) is 4.19. The Labute approximate surface area is 156 Å². The van der Waals surface area contributed by atoms with Crippen LogP contribution in [0.25, 0.3) is 5.69 Å². The van der Waals surface area contributed by atoms with E-state index in [4.69, 9.17) is 0 Å². The Balaban J connectivity index is 2.27. The van der Waals surface area contributed by atoms with Crippen molar-refractivity contribution in [1.29, 1.82) is 0 Å². The third-order valence-corrected chi connectivity index (χ3v) is 4.19. The maximum Gasteiger partial charge on any atom is 0.256 e. The molecule has 5 nitrogen and oxygen atoms in total. The van der Waals surface area contributed by atoms with E-state index >= 15 is 0 Å². The van der Waals surface area contributed by atoms with E-state index < -0.39 is 0 Å². The normalized spacial score (nSPS) is 11.3. The molecule has 0 fully saturated rings. The van der Waals surface area contributed by atoms with Crippen LogP contribution in [0.1, 0.15) is 49.4 Å². The quantitative estimate of drug-likeness (QED) is 0.893. The van der Waals surface area contributed by atoms with E-state index in [1.54, 1.807) is 4.90 Å². The minimum Gasteiger partial charge on any atom is -0.350 e. The first-order valence-electron chi connectivity index (χ1n) is 8.98. The van der Waals surface area contributed by atoms with E-state index in [2.05, 4.69) is 9.88 Å². The average molecular weight is 355 g/mol. The summed E-state index contributed by atoms with van der Waals surface area (Å²) in [4.78, 5) is 26.8. The van der Waals surface area contributed by atoms with E-state index in [0.717, 1.165) is 17.1 Å². The van der Waals surface area contributed by atoms with Crippen molar-refractivity contribution < 1.29 is 9.59 Å². The molecule has 2 rings (SSSR count). The SMILES string of the molecule is CCN(CC(=O)NC(C)(C)C)C(=O)c1cc(C)n(-c2ccccc2)c1C. The first-order valence-corrected chi connectivity index (χ1v) is 8.98. The number of nitrogens with zero attached hydrogens (tertiary/aromatic N) is 2. The zero-order valence-electron chi connectivity index (χ0n) is 16.6. The van der Waals surface area contributed by atoms with Crippen LogP contribution < -0.4 is 5.32 Å². The number of amides is 2. The molecule has 2 aromatic rings. The van der Waals surface area contributed by atoms with Crippen LogP contribution in [0, 0.1) is 13.8 Å². The summed E-state index contributed by atoms with van der Waals surface area (Å²) in [7, 11) is 0. The van der Waals surface area contributed by atoms with Gasteiger partial charge in [-0.05, 0) is 59.7 Å². The summed E-state index contributed by atoms with van der Waals surface area (Å²) in [6.07, 6.45) is 0. The van der Waals surface area contributed by atoms with Gasteiger partial charge in [0.15, 0.2) is 0 Å². The number of likely N-dealkylation sites (N-methyl/N-ethyl adjacent to an activating group) is 1. The van der Waals surface area contributed by atoms with Crippen molar-refractivity contribution in [2.24, 2.45) is 0 Å². The van der Waals surface area contributed by atoms with Gasteiger partial charge in [-0.25, -0.2) is 0 Å². The summed E-state index contributed by atoms with van der Waals surface area (Å²) in [5.74, 6) is -0.267. The van der Waals surface area contributed by atoms with Crippen LogP contribution in [0.5, 0.6) is 0 Å². The molecule has 0 aliphatic carbocycles. The minimum absolute atomic E-state index is 0.0572. The standard InChI is InChI=1S/C21H29N3O2/c1-7-23(14-19(25)22-21(4,5)6)20(26)18-13-15(2)24(16(18)3)17-11-9-8-10-12-17/h8-13H,7,14H2,1-6H3,(H,22,25). The number of nitrogens with one attached hydrogen (secondary N) is 1. The Morgan fingerprint density at radius 1 is 1.12 bits per heavy atom. The van der Waals surface area contributed by atoms with Gasteiger partial charge >= 0.3 is 0 Å². The Bertz CT molecular complexity index is 786. The summed E-state index contributed by atoms with van der Waals surface area (Å²) in [6, 6.07) is 11.9. The van der Waals surface area contributed by atoms with Gasteiger partial charge in [0.2, 0.25) is 5.91 Å². The molecular formula is C21H29N3O2. The van der Waals surface area contributed by atoms with E-state index in [-0.39, 0.29) is 23.9 Å². The Morgan fingerprint density at radius 2 is 1.73 bits per heavy atom. The van der Waals surface area contributed by atoms with Gasteiger partial charge in [-0.2, -0.15) is 0 Å². The second-order valence-corrected chi connectivity index (χ2v) is 7.57. The van der Waals surface area contributed by atoms with Crippen molar-refractivity contribution in [2.75, 3.05) is 13.1 Å². The molecule has 0 aliphatic heterocycles. The minimum atomic E-state index is -0.317. The lowest BCUT2D eigenvalue weighted by Gasteiger charge is -2.25. The molecule has 0 aliphatic rings. The summed E-state index contributed by atoms with van der Waals surface area (Å²) in [5, 5.41) is 2.91. The summed E-state index contributed by atoms with van der Waals surface area (Å²) in [5.41, 5.74) is 3.22. The van der Waals surface area contributed by atoms with Crippen molar-refractivity contribution in [3.63, 3.8) is 0 Å². The lowest BCUT2D eigenvalue weighted by Crippen LogP contribution is -2.47. The lowest BCUT2D eigenvalue weighted by molar-refractivity contribution is -0.123. The Hall–Kier alpha value is -2.56. The number of hydrogen-bond donors (Lipinski definition) is 1. The van der Waals surface area contributed by atoms with Crippen LogP contribution in [-0.4, -0.2) is 39.9 Å². The highest BCUT2D eigenvalue weighted by Crippen LogP contribution is 2.22. The monoisotopic (exact) mass is 355 g/mol. The average Bonchev–Trinajstić information content (AvgIpc) is 2.85. The summed E-state index contributed by atoms with van der Waals surface area (Å²) >= 11 is 0. The number of rotatable bonds is 5. The van der Waals surface area contributed by atoms with Gasteiger partial charge in [-0.15, -0.1) is 0 Å². The van der Waals surface area contributed by atoms with Gasteiger partial charge in [0.25, 0.3) is 5.91 Å². The highest BCUT2D eigenvalue weighted by atomic mass is 16.2. The van der Waals surface area contributed by atoms with Crippen molar-refractivity contribution >= 4 is 11.8 Å². The zero-order valence-corrected chi connectivity index (χ0v) is 16.6. The predicted octanol–water partition coefficient (Wildman–Crippen LogP) is 3.47. The zero-order chi connectivity index (χ0) is 19.5. The Kier molecular flexibility index (Phi) is 5.90. The molecule has 2 amide bonds. The van der Waals surface area contributed by atoms with E-state index in [9.17, 15) is 9.59 Å². The first kappa shape index (κ1) is 19.8. The number of hydrogen-bond acceptors (Lipinski definition) is 2. The maximum absolute atomic E-state index is 13.0. The van der Waals surface area contributed by atoms with Crippen LogP contribution in [0.4, 0.5) is 0 Å². The smallest absolute Gasteiger partial charge is 0.256 e. The molecule has 0 spiro atoms.